The van der Waals surface area contributed by atoms with E-state index in [9.17, 15) is 9.59 Å². The largest absolute Gasteiger partial charge is 0.352 e. The number of anilines is 1. The van der Waals surface area contributed by atoms with E-state index in [1.807, 2.05) is 48.5 Å². The van der Waals surface area contributed by atoms with Crippen molar-refractivity contribution in [2.24, 2.45) is 0 Å². The molecule has 0 aliphatic rings. The van der Waals surface area contributed by atoms with Gasteiger partial charge in [0.1, 0.15) is 5.01 Å². The minimum absolute atomic E-state index is 0.167. The average molecular weight is 480 g/mol. The van der Waals surface area contributed by atoms with Gasteiger partial charge in [0.2, 0.25) is 5.91 Å². The summed E-state index contributed by atoms with van der Waals surface area (Å²) in [7, 11) is 0. The number of hydrogen-bond acceptors (Lipinski definition) is 4. The number of amides is 2. The molecule has 5 nitrogen and oxygen atoms in total. The lowest BCUT2D eigenvalue weighted by Gasteiger charge is -2.10. The van der Waals surface area contributed by atoms with E-state index in [-0.39, 0.29) is 24.8 Å². The quantitative estimate of drug-likeness (QED) is 0.384. The smallest absolute Gasteiger partial charge is 0.251 e. The van der Waals surface area contributed by atoms with Gasteiger partial charge in [0.05, 0.1) is 15.9 Å². The highest BCUT2D eigenvalue weighted by Gasteiger charge is 2.13. The van der Waals surface area contributed by atoms with E-state index >= 15 is 0 Å². The zero-order valence-corrected chi connectivity index (χ0v) is 18.3. The van der Waals surface area contributed by atoms with E-state index in [1.165, 1.54) is 0 Å². The first-order valence-electron chi connectivity index (χ1n) is 9.39. The molecule has 30 heavy (non-hydrogen) atoms. The fourth-order valence-electron chi connectivity index (χ4n) is 2.97. The summed E-state index contributed by atoms with van der Waals surface area (Å²) in [5, 5.41) is 6.58. The maximum Gasteiger partial charge on any atom is 0.251 e. The Morgan fingerprint density at radius 1 is 0.933 bits per heavy atom. The Balaban J connectivity index is 1.39. The van der Waals surface area contributed by atoms with Crippen molar-refractivity contribution in [3.63, 3.8) is 0 Å². The molecule has 0 bridgehead atoms. The molecule has 0 unspecified atom stereocenters. The lowest BCUT2D eigenvalue weighted by Crippen LogP contribution is -2.27. The number of fused-ring (bicyclic) bond motifs is 1. The molecule has 3 aromatic carbocycles. The summed E-state index contributed by atoms with van der Waals surface area (Å²) in [4.78, 5) is 29.3. The first-order chi connectivity index (χ1) is 14.6. The topological polar surface area (TPSA) is 71.1 Å². The van der Waals surface area contributed by atoms with Crippen LogP contribution in [0.5, 0.6) is 0 Å². The molecule has 2 amide bonds. The number of rotatable bonds is 6. The summed E-state index contributed by atoms with van der Waals surface area (Å²) in [6.07, 6.45) is 0.177. The molecule has 150 valence electrons. The van der Waals surface area contributed by atoms with Gasteiger partial charge >= 0.3 is 0 Å². The van der Waals surface area contributed by atoms with Crippen LogP contribution < -0.4 is 10.6 Å². The predicted octanol–water partition coefficient (Wildman–Crippen LogP) is 5.48. The van der Waals surface area contributed by atoms with E-state index in [0.717, 1.165) is 25.3 Å². The summed E-state index contributed by atoms with van der Waals surface area (Å²) < 4.78 is 2.01. The Morgan fingerprint density at radius 2 is 1.67 bits per heavy atom. The van der Waals surface area contributed by atoms with Crippen molar-refractivity contribution in [3.05, 3.63) is 82.8 Å². The molecule has 0 aliphatic heterocycles. The lowest BCUT2D eigenvalue weighted by atomic mass is 10.2. The number of benzene rings is 3. The van der Waals surface area contributed by atoms with Gasteiger partial charge in [-0.1, -0.05) is 40.2 Å². The van der Waals surface area contributed by atoms with E-state index in [2.05, 4.69) is 31.5 Å². The maximum absolute atomic E-state index is 12.4. The zero-order valence-electron chi connectivity index (χ0n) is 15.9. The summed E-state index contributed by atoms with van der Waals surface area (Å²) in [5.74, 6) is -0.371. The summed E-state index contributed by atoms with van der Waals surface area (Å²) in [6.45, 7) is 0.254. The van der Waals surface area contributed by atoms with Gasteiger partial charge in [-0.05, 0) is 48.5 Å². The third-order valence-electron chi connectivity index (χ3n) is 4.47. The van der Waals surface area contributed by atoms with E-state index in [0.29, 0.717) is 11.3 Å². The number of aromatic nitrogens is 1. The molecular formula is C23H18BrN3O2S. The van der Waals surface area contributed by atoms with Crippen LogP contribution in [0.2, 0.25) is 0 Å². The van der Waals surface area contributed by atoms with Crippen molar-refractivity contribution in [3.8, 4) is 10.6 Å². The molecule has 0 radical (unpaired) electrons. The molecule has 0 saturated carbocycles. The van der Waals surface area contributed by atoms with Crippen LogP contribution in [0.25, 0.3) is 20.8 Å². The average Bonchev–Trinajstić information content (AvgIpc) is 3.18. The molecule has 0 atom stereocenters. The fraction of sp³-hybridized carbons (Fsp3) is 0.0870. The highest BCUT2D eigenvalue weighted by molar-refractivity contribution is 9.10. The summed E-state index contributed by atoms with van der Waals surface area (Å²) >= 11 is 4.93. The van der Waals surface area contributed by atoms with Crippen molar-refractivity contribution in [1.82, 2.24) is 10.3 Å². The molecule has 0 aliphatic carbocycles. The van der Waals surface area contributed by atoms with Crippen molar-refractivity contribution in [1.29, 1.82) is 0 Å². The zero-order chi connectivity index (χ0) is 20.9. The van der Waals surface area contributed by atoms with Crippen LogP contribution in [-0.4, -0.2) is 23.3 Å². The minimum atomic E-state index is -0.204. The van der Waals surface area contributed by atoms with E-state index < -0.39 is 0 Å². The fourth-order valence-corrected chi connectivity index (χ4v) is 4.24. The molecule has 0 saturated heterocycles. The Morgan fingerprint density at radius 3 is 2.47 bits per heavy atom. The van der Waals surface area contributed by atoms with Crippen molar-refractivity contribution in [2.45, 2.75) is 6.42 Å². The van der Waals surface area contributed by atoms with Crippen molar-refractivity contribution < 1.29 is 9.59 Å². The highest BCUT2D eigenvalue weighted by atomic mass is 79.9. The standard InChI is InChI=1S/C23H18BrN3O2S/c24-16-11-9-15(10-12-16)22(29)25-14-13-21(28)26-18-6-2-1-5-17(18)23-27-19-7-3-4-8-20(19)30-23/h1-12H,13-14H2,(H,25,29)(H,26,28). The second kappa shape index (κ2) is 9.19. The SMILES string of the molecule is O=C(CCNC(=O)c1ccc(Br)cc1)Nc1ccccc1-c1nc2ccccc2s1. The Bertz CT molecular complexity index is 1170. The first kappa shape index (κ1) is 20.3. The van der Waals surface area contributed by atoms with Crippen LogP contribution in [0.4, 0.5) is 5.69 Å². The second-order valence-electron chi connectivity index (χ2n) is 6.59. The first-order valence-corrected chi connectivity index (χ1v) is 11.0. The third-order valence-corrected chi connectivity index (χ3v) is 6.07. The van der Waals surface area contributed by atoms with Crippen molar-refractivity contribution >= 4 is 55.0 Å². The summed E-state index contributed by atoms with van der Waals surface area (Å²) in [5.41, 5.74) is 3.08. The third kappa shape index (κ3) is 4.75. The molecular weight excluding hydrogens is 462 g/mol. The number of halogens is 1. The van der Waals surface area contributed by atoms with Crippen LogP contribution >= 0.6 is 27.3 Å². The number of carbonyl (C=O) groups excluding carboxylic acids is 2. The Labute approximate surface area is 186 Å². The monoisotopic (exact) mass is 479 g/mol. The van der Waals surface area contributed by atoms with E-state index in [4.69, 9.17) is 0 Å². The van der Waals surface area contributed by atoms with Crippen LogP contribution in [0.15, 0.2) is 77.3 Å². The molecule has 4 aromatic rings. The van der Waals surface area contributed by atoms with Crippen LogP contribution in [0.3, 0.4) is 0 Å². The molecule has 7 heteroatoms. The van der Waals surface area contributed by atoms with Gasteiger partial charge < -0.3 is 10.6 Å². The van der Waals surface area contributed by atoms with Gasteiger partial charge in [-0.3, -0.25) is 9.59 Å². The van der Waals surface area contributed by atoms with Gasteiger partial charge in [0, 0.05) is 28.6 Å². The molecule has 2 N–H and O–H groups in total. The lowest BCUT2D eigenvalue weighted by molar-refractivity contribution is -0.116. The molecule has 0 spiro atoms. The number of thiazole rings is 1. The number of nitrogens with one attached hydrogen (secondary N) is 2. The van der Waals surface area contributed by atoms with Gasteiger partial charge in [-0.25, -0.2) is 4.98 Å². The molecule has 4 rings (SSSR count). The van der Waals surface area contributed by atoms with Gasteiger partial charge in [-0.2, -0.15) is 0 Å². The van der Waals surface area contributed by atoms with Crippen LogP contribution in [0, 0.1) is 0 Å². The van der Waals surface area contributed by atoms with Crippen LogP contribution in [-0.2, 0) is 4.79 Å². The molecule has 1 heterocycles. The van der Waals surface area contributed by atoms with Crippen LogP contribution in [0.1, 0.15) is 16.8 Å². The number of para-hydroxylation sites is 2. The Kier molecular flexibility index (Phi) is 6.21. The number of hydrogen-bond donors (Lipinski definition) is 2. The highest BCUT2D eigenvalue weighted by Crippen LogP contribution is 2.34. The maximum atomic E-state index is 12.4. The Hall–Kier alpha value is -3.03. The summed E-state index contributed by atoms with van der Waals surface area (Å²) in [6, 6.07) is 22.6. The number of nitrogens with zero attached hydrogens (tertiary/aromatic N) is 1. The minimum Gasteiger partial charge on any atom is -0.352 e. The second-order valence-corrected chi connectivity index (χ2v) is 8.54. The van der Waals surface area contributed by atoms with Gasteiger partial charge in [0.15, 0.2) is 0 Å². The predicted molar refractivity (Wildman–Crippen MR) is 125 cm³/mol. The molecule has 1 aromatic heterocycles. The molecule has 0 fully saturated rings. The normalized spacial score (nSPS) is 10.7. The van der Waals surface area contributed by atoms with E-state index in [1.54, 1.807) is 35.6 Å². The van der Waals surface area contributed by atoms with Crippen molar-refractivity contribution in [2.75, 3.05) is 11.9 Å². The van der Waals surface area contributed by atoms with Gasteiger partial charge in [0.25, 0.3) is 5.91 Å². The van der Waals surface area contributed by atoms with Gasteiger partial charge in [-0.15, -0.1) is 11.3 Å². The number of carbonyl (C=O) groups is 2.